The van der Waals surface area contributed by atoms with Crippen LogP contribution in [0.1, 0.15) is 41.2 Å². The molecule has 0 bridgehead atoms. The number of aromatic nitrogens is 2. The summed E-state index contributed by atoms with van der Waals surface area (Å²) in [5.41, 5.74) is 4.09. The van der Waals surface area contributed by atoms with E-state index in [-0.39, 0.29) is 17.6 Å². The van der Waals surface area contributed by atoms with E-state index in [1.807, 2.05) is 34.6 Å². The zero-order valence-corrected chi connectivity index (χ0v) is 17.3. The van der Waals surface area contributed by atoms with Crippen molar-refractivity contribution >= 4 is 29.3 Å². The number of aryl methyl sites for hydroxylation is 2. The third-order valence-corrected chi connectivity index (χ3v) is 5.24. The van der Waals surface area contributed by atoms with Gasteiger partial charge in [0.1, 0.15) is 0 Å². The Balaban J connectivity index is 2.00. The van der Waals surface area contributed by atoms with Crippen LogP contribution in [-0.2, 0) is 4.79 Å². The van der Waals surface area contributed by atoms with Crippen molar-refractivity contribution in [3.05, 3.63) is 46.8 Å². The monoisotopic (exact) mass is 386 g/mol. The molecule has 6 nitrogen and oxygen atoms in total. The second-order valence-corrected chi connectivity index (χ2v) is 7.14. The van der Waals surface area contributed by atoms with Gasteiger partial charge in [-0.15, -0.1) is 0 Å². The number of amides is 2. The van der Waals surface area contributed by atoms with E-state index < -0.39 is 0 Å². The summed E-state index contributed by atoms with van der Waals surface area (Å²) in [5, 5.41) is 3.43. The van der Waals surface area contributed by atoms with E-state index in [2.05, 4.69) is 15.3 Å². The minimum Gasteiger partial charge on any atom is -0.339 e. The summed E-state index contributed by atoms with van der Waals surface area (Å²) in [4.78, 5) is 35.3. The lowest BCUT2D eigenvalue weighted by Crippen LogP contribution is -2.30. The van der Waals surface area contributed by atoms with Crippen molar-refractivity contribution in [1.82, 2.24) is 14.9 Å². The van der Waals surface area contributed by atoms with Gasteiger partial charge in [0.05, 0.1) is 5.75 Å². The summed E-state index contributed by atoms with van der Waals surface area (Å²) < 4.78 is 0. The van der Waals surface area contributed by atoms with Crippen LogP contribution >= 0.6 is 11.8 Å². The van der Waals surface area contributed by atoms with Crippen LogP contribution in [0.3, 0.4) is 0 Å². The van der Waals surface area contributed by atoms with Gasteiger partial charge in [-0.1, -0.05) is 17.8 Å². The normalized spacial score (nSPS) is 10.6. The van der Waals surface area contributed by atoms with Crippen molar-refractivity contribution in [1.29, 1.82) is 0 Å². The summed E-state index contributed by atoms with van der Waals surface area (Å²) in [5.74, 6) is 0.00675. The number of carbonyl (C=O) groups excluding carboxylic acids is 2. The van der Waals surface area contributed by atoms with Gasteiger partial charge in [-0.05, 0) is 58.4 Å². The Hall–Kier alpha value is -2.41. The van der Waals surface area contributed by atoms with Gasteiger partial charge in [0.15, 0.2) is 5.16 Å². The summed E-state index contributed by atoms with van der Waals surface area (Å²) in [7, 11) is 0. The van der Waals surface area contributed by atoms with Gasteiger partial charge in [-0.25, -0.2) is 9.97 Å². The van der Waals surface area contributed by atoms with Crippen LogP contribution in [0.5, 0.6) is 0 Å². The molecule has 0 saturated carbocycles. The Morgan fingerprint density at radius 2 is 1.70 bits per heavy atom. The van der Waals surface area contributed by atoms with E-state index in [1.54, 1.807) is 29.2 Å². The van der Waals surface area contributed by atoms with Crippen molar-refractivity contribution in [3.8, 4) is 0 Å². The molecule has 7 heteroatoms. The highest BCUT2D eigenvalue weighted by Gasteiger charge is 2.14. The highest BCUT2D eigenvalue weighted by Crippen LogP contribution is 2.18. The summed E-state index contributed by atoms with van der Waals surface area (Å²) >= 11 is 1.30. The quantitative estimate of drug-likeness (QED) is 0.581. The van der Waals surface area contributed by atoms with Gasteiger partial charge in [-0.2, -0.15) is 0 Å². The molecule has 0 aliphatic carbocycles. The molecule has 2 amide bonds. The highest BCUT2D eigenvalue weighted by atomic mass is 32.2. The summed E-state index contributed by atoms with van der Waals surface area (Å²) in [6.45, 7) is 11.1. The van der Waals surface area contributed by atoms with Crippen molar-refractivity contribution < 1.29 is 9.59 Å². The zero-order valence-electron chi connectivity index (χ0n) is 16.5. The van der Waals surface area contributed by atoms with Crippen LogP contribution in [0.25, 0.3) is 0 Å². The molecule has 0 fully saturated rings. The first kappa shape index (κ1) is 20.9. The number of hydrogen-bond acceptors (Lipinski definition) is 5. The molecule has 0 spiro atoms. The second kappa shape index (κ2) is 9.50. The molecule has 27 heavy (non-hydrogen) atoms. The van der Waals surface area contributed by atoms with Crippen LogP contribution in [0.2, 0.25) is 0 Å². The van der Waals surface area contributed by atoms with Gasteiger partial charge in [0.25, 0.3) is 5.91 Å². The van der Waals surface area contributed by atoms with Gasteiger partial charge in [0, 0.05) is 35.7 Å². The largest absolute Gasteiger partial charge is 0.339 e. The van der Waals surface area contributed by atoms with Crippen molar-refractivity contribution in [3.63, 3.8) is 0 Å². The van der Waals surface area contributed by atoms with Crippen molar-refractivity contribution in [2.24, 2.45) is 0 Å². The first-order valence-electron chi connectivity index (χ1n) is 8.99. The first-order valence-corrected chi connectivity index (χ1v) is 9.98. The topological polar surface area (TPSA) is 75.2 Å². The maximum absolute atomic E-state index is 12.4. The Morgan fingerprint density at radius 1 is 1.07 bits per heavy atom. The average molecular weight is 387 g/mol. The van der Waals surface area contributed by atoms with E-state index in [4.69, 9.17) is 0 Å². The Bertz CT molecular complexity index is 811. The predicted molar refractivity (Wildman–Crippen MR) is 109 cm³/mol. The lowest BCUT2D eigenvalue weighted by Gasteiger charge is -2.19. The fraction of sp³-hybridized carbons (Fsp3) is 0.400. The number of benzene rings is 1. The van der Waals surface area contributed by atoms with Crippen LogP contribution < -0.4 is 5.32 Å². The Labute approximate surface area is 164 Å². The van der Waals surface area contributed by atoms with E-state index >= 15 is 0 Å². The molecule has 2 aromatic rings. The standard InChI is InChI=1S/C20H26N4O2S/c1-6-24(7-2)19(26)16-9-8-10-17(11-16)23-18(25)12-27-20-21-14(4)13(3)15(5)22-20/h8-11H,6-7,12H2,1-5H3,(H,23,25). The van der Waals surface area contributed by atoms with Crippen LogP contribution in [0.15, 0.2) is 29.4 Å². The smallest absolute Gasteiger partial charge is 0.253 e. The highest BCUT2D eigenvalue weighted by molar-refractivity contribution is 7.99. The van der Waals surface area contributed by atoms with Gasteiger partial charge in [0.2, 0.25) is 5.91 Å². The van der Waals surface area contributed by atoms with Crippen LogP contribution in [0.4, 0.5) is 5.69 Å². The van der Waals surface area contributed by atoms with Crippen LogP contribution in [-0.4, -0.2) is 45.5 Å². The minimum absolute atomic E-state index is 0.0375. The second-order valence-electron chi connectivity index (χ2n) is 6.20. The molecule has 2 rings (SSSR count). The molecule has 0 aliphatic rings. The lowest BCUT2D eigenvalue weighted by atomic mass is 10.1. The molecular formula is C20H26N4O2S. The van der Waals surface area contributed by atoms with E-state index in [0.717, 1.165) is 17.0 Å². The van der Waals surface area contributed by atoms with Crippen molar-refractivity contribution in [2.45, 2.75) is 39.8 Å². The molecule has 0 aliphatic heterocycles. The van der Waals surface area contributed by atoms with Gasteiger partial charge in [-0.3, -0.25) is 9.59 Å². The fourth-order valence-corrected chi connectivity index (χ4v) is 3.29. The summed E-state index contributed by atoms with van der Waals surface area (Å²) in [6, 6.07) is 7.02. The number of nitrogens with one attached hydrogen (secondary N) is 1. The fourth-order valence-electron chi connectivity index (χ4n) is 2.56. The number of rotatable bonds is 7. The molecule has 0 radical (unpaired) electrons. The zero-order chi connectivity index (χ0) is 20.0. The van der Waals surface area contributed by atoms with Gasteiger partial charge >= 0.3 is 0 Å². The molecule has 1 heterocycles. The lowest BCUT2D eigenvalue weighted by molar-refractivity contribution is -0.113. The maximum atomic E-state index is 12.4. The molecule has 1 N–H and O–H groups in total. The molecular weight excluding hydrogens is 360 g/mol. The predicted octanol–water partition coefficient (Wildman–Crippen LogP) is 3.61. The molecule has 1 aromatic carbocycles. The summed E-state index contributed by atoms with van der Waals surface area (Å²) in [6.07, 6.45) is 0. The van der Waals surface area contributed by atoms with E-state index in [9.17, 15) is 9.59 Å². The third-order valence-electron chi connectivity index (χ3n) is 4.39. The molecule has 0 unspecified atom stereocenters. The minimum atomic E-state index is -0.160. The van der Waals surface area contributed by atoms with Crippen molar-refractivity contribution in [2.75, 3.05) is 24.2 Å². The number of thioether (sulfide) groups is 1. The van der Waals surface area contributed by atoms with Gasteiger partial charge < -0.3 is 10.2 Å². The molecule has 0 saturated heterocycles. The maximum Gasteiger partial charge on any atom is 0.253 e. The Morgan fingerprint density at radius 3 is 2.30 bits per heavy atom. The third kappa shape index (κ3) is 5.53. The van der Waals surface area contributed by atoms with E-state index in [1.165, 1.54) is 11.8 Å². The number of nitrogens with zero attached hydrogens (tertiary/aromatic N) is 3. The molecule has 0 atom stereocenters. The number of hydrogen-bond donors (Lipinski definition) is 1. The van der Waals surface area contributed by atoms with E-state index in [0.29, 0.717) is 29.5 Å². The number of anilines is 1. The Kier molecular flexibility index (Phi) is 7.36. The SMILES string of the molecule is CCN(CC)C(=O)c1cccc(NC(=O)CSc2nc(C)c(C)c(C)n2)c1. The molecule has 1 aromatic heterocycles. The molecule has 144 valence electrons. The van der Waals surface area contributed by atoms with Crippen LogP contribution in [0, 0.1) is 20.8 Å². The number of carbonyl (C=O) groups is 2. The first-order chi connectivity index (χ1) is 12.8. The average Bonchev–Trinajstić information content (AvgIpc) is 2.65.